The Bertz CT molecular complexity index is 912. The topological polar surface area (TPSA) is 97.1 Å². The molecule has 2 aromatic carbocycles. The number of thiazole rings is 1. The van der Waals surface area contributed by atoms with Gasteiger partial charge in [-0.3, -0.25) is 4.79 Å². The average Bonchev–Trinajstić information content (AvgIpc) is 3.19. The molecule has 3 rings (SSSR count). The zero-order valence-corrected chi connectivity index (χ0v) is 16.0. The minimum atomic E-state index is -0.609. The lowest BCUT2D eigenvalue weighted by atomic mass is 10.2. The van der Waals surface area contributed by atoms with Gasteiger partial charge in [0.1, 0.15) is 0 Å². The van der Waals surface area contributed by atoms with E-state index in [-0.39, 0.29) is 5.91 Å². The van der Waals surface area contributed by atoms with Gasteiger partial charge in [0.15, 0.2) is 0 Å². The number of primary amides is 1. The van der Waals surface area contributed by atoms with E-state index < -0.39 is 6.03 Å². The van der Waals surface area contributed by atoms with Crippen LogP contribution in [0.25, 0.3) is 0 Å². The Balaban J connectivity index is 1.60. The number of nitrogens with one attached hydrogen (secondary N) is 2. The number of nitrogens with zero attached hydrogens (tertiary/aromatic N) is 1. The van der Waals surface area contributed by atoms with Crippen LogP contribution in [0.5, 0.6) is 0 Å². The van der Waals surface area contributed by atoms with Crippen molar-refractivity contribution in [3.05, 3.63) is 76.2 Å². The average molecular weight is 399 g/mol. The van der Waals surface area contributed by atoms with Crippen molar-refractivity contribution in [2.45, 2.75) is 17.2 Å². The number of nitrogens with two attached hydrogens (primary N) is 1. The summed E-state index contributed by atoms with van der Waals surface area (Å²) in [5.41, 5.74) is 10.1. The first-order valence-corrected chi connectivity index (χ1v) is 10.1. The molecule has 3 amide bonds. The van der Waals surface area contributed by atoms with E-state index >= 15 is 0 Å². The summed E-state index contributed by atoms with van der Waals surface area (Å²) in [4.78, 5) is 28.6. The number of carbonyl (C=O) groups is 2. The summed E-state index contributed by atoms with van der Waals surface area (Å²) >= 11 is 3.15. The van der Waals surface area contributed by atoms with E-state index in [4.69, 9.17) is 5.73 Å². The summed E-state index contributed by atoms with van der Waals surface area (Å²) in [5.74, 6) is 0.595. The molecule has 4 N–H and O–H groups in total. The molecule has 0 bridgehead atoms. The number of hydrogen-bond donors (Lipinski definition) is 3. The molecular formula is C19H18N4O2S2. The minimum absolute atomic E-state index is 0.129. The molecule has 8 heteroatoms. The van der Waals surface area contributed by atoms with E-state index in [1.54, 1.807) is 40.7 Å². The molecule has 0 saturated carbocycles. The number of urea groups is 1. The molecule has 3 aromatic rings. The Kier molecular flexibility index (Phi) is 6.45. The van der Waals surface area contributed by atoms with Gasteiger partial charge in [-0.25, -0.2) is 9.78 Å². The highest BCUT2D eigenvalue weighted by Crippen LogP contribution is 2.26. The standard InChI is InChI=1S/C19H18N4O2S2/c20-19(25)23-14-7-5-13(6-8-14)9-21-18(24)16-3-1-2-4-17(16)27-11-15-10-26-12-22-15/h1-8,10,12H,9,11H2,(H,21,24)(H3,20,23,25). The highest BCUT2D eigenvalue weighted by atomic mass is 32.2. The third-order valence-corrected chi connectivity index (χ3v) is 5.41. The molecule has 6 nitrogen and oxygen atoms in total. The highest BCUT2D eigenvalue weighted by Gasteiger charge is 2.11. The van der Waals surface area contributed by atoms with Gasteiger partial charge in [0.05, 0.1) is 16.8 Å². The number of benzene rings is 2. The SMILES string of the molecule is NC(=O)Nc1ccc(CNC(=O)c2ccccc2SCc2cscn2)cc1. The molecule has 0 unspecified atom stereocenters. The van der Waals surface area contributed by atoms with E-state index in [9.17, 15) is 9.59 Å². The van der Waals surface area contributed by atoms with Crippen molar-refractivity contribution in [1.82, 2.24) is 10.3 Å². The first-order chi connectivity index (χ1) is 13.1. The van der Waals surface area contributed by atoms with Crippen LogP contribution in [0.4, 0.5) is 10.5 Å². The highest BCUT2D eigenvalue weighted by molar-refractivity contribution is 7.98. The summed E-state index contributed by atoms with van der Waals surface area (Å²) in [5, 5.41) is 7.44. The van der Waals surface area contributed by atoms with Crippen molar-refractivity contribution in [3.63, 3.8) is 0 Å². The van der Waals surface area contributed by atoms with Gasteiger partial charge >= 0.3 is 6.03 Å². The predicted octanol–water partition coefficient (Wildman–Crippen LogP) is 3.86. The second-order valence-electron chi connectivity index (χ2n) is 5.63. The zero-order valence-electron chi connectivity index (χ0n) is 14.3. The fourth-order valence-electron chi connectivity index (χ4n) is 2.37. The number of anilines is 1. The third kappa shape index (κ3) is 5.57. The fourth-order valence-corrected chi connectivity index (χ4v) is 3.98. The van der Waals surface area contributed by atoms with Crippen LogP contribution in [0.15, 0.2) is 64.3 Å². The van der Waals surface area contributed by atoms with E-state index in [1.807, 2.05) is 41.8 Å². The van der Waals surface area contributed by atoms with Gasteiger partial charge in [0, 0.05) is 28.3 Å². The Hall–Kier alpha value is -2.84. The van der Waals surface area contributed by atoms with Crippen molar-refractivity contribution < 1.29 is 9.59 Å². The molecule has 1 heterocycles. The zero-order chi connectivity index (χ0) is 19.1. The van der Waals surface area contributed by atoms with Crippen molar-refractivity contribution in [3.8, 4) is 0 Å². The Morgan fingerprint density at radius 1 is 1.11 bits per heavy atom. The number of amides is 3. The van der Waals surface area contributed by atoms with Crippen LogP contribution in [-0.4, -0.2) is 16.9 Å². The second kappa shape index (κ2) is 9.20. The monoisotopic (exact) mass is 398 g/mol. The number of carbonyl (C=O) groups excluding carboxylic acids is 2. The van der Waals surface area contributed by atoms with Crippen LogP contribution >= 0.6 is 23.1 Å². The van der Waals surface area contributed by atoms with E-state index in [1.165, 1.54) is 0 Å². The minimum Gasteiger partial charge on any atom is -0.351 e. The summed E-state index contributed by atoms with van der Waals surface area (Å²) in [6, 6.07) is 14.1. The molecule has 0 aliphatic heterocycles. The summed E-state index contributed by atoms with van der Waals surface area (Å²) in [6.45, 7) is 0.390. The normalized spacial score (nSPS) is 10.4. The van der Waals surface area contributed by atoms with Crippen LogP contribution < -0.4 is 16.4 Å². The summed E-state index contributed by atoms with van der Waals surface area (Å²) in [7, 11) is 0. The Morgan fingerprint density at radius 2 is 1.89 bits per heavy atom. The van der Waals surface area contributed by atoms with Gasteiger partial charge in [0.25, 0.3) is 5.91 Å². The van der Waals surface area contributed by atoms with E-state index in [0.29, 0.717) is 17.8 Å². The van der Waals surface area contributed by atoms with Crippen molar-refractivity contribution in [2.75, 3.05) is 5.32 Å². The largest absolute Gasteiger partial charge is 0.351 e. The molecule has 0 saturated heterocycles. The van der Waals surface area contributed by atoms with Gasteiger partial charge in [-0.1, -0.05) is 24.3 Å². The molecule has 0 fully saturated rings. The van der Waals surface area contributed by atoms with Crippen molar-refractivity contribution in [1.29, 1.82) is 0 Å². The number of aromatic nitrogens is 1. The van der Waals surface area contributed by atoms with Crippen LogP contribution in [0, 0.1) is 0 Å². The molecule has 0 aliphatic carbocycles. The molecule has 0 radical (unpaired) electrons. The third-order valence-electron chi connectivity index (χ3n) is 3.67. The summed E-state index contributed by atoms with van der Waals surface area (Å²) in [6.07, 6.45) is 0. The van der Waals surface area contributed by atoms with Gasteiger partial charge < -0.3 is 16.4 Å². The van der Waals surface area contributed by atoms with Crippen LogP contribution in [0.2, 0.25) is 0 Å². The molecule has 1 aromatic heterocycles. The second-order valence-corrected chi connectivity index (χ2v) is 7.37. The van der Waals surface area contributed by atoms with Crippen LogP contribution in [0.1, 0.15) is 21.6 Å². The van der Waals surface area contributed by atoms with E-state index in [0.717, 1.165) is 21.9 Å². The van der Waals surface area contributed by atoms with Crippen molar-refractivity contribution in [2.24, 2.45) is 5.73 Å². The van der Waals surface area contributed by atoms with Gasteiger partial charge in [0.2, 0.25) is 0 Å². The van der Waals surface area contributed by atoms with Crippen LogP contribution in [0.3, 0.4) is 0 Å². The molecule has 138 valence electrons. The number of rotatable bonds is 7. The van der Waals surface area contributed by atoms with Gasteiger partial charge in [-0.15, -0.1) is 23.1 Å². The lowest BCUT2D eigenvalue weighted by molar-refractivity contribution is 0.0948. The first-order valence-electron chi connectivity index (χ1n) is 8.14. The Morgan fingerprint density at radius 3 is 2.59 bits per heavy atom. The van der Waals surface area contributed by atoms with Gasteiger partial charge in [-0.2, -0.15) is 0 Å². The molecular weight excluding hydrogens is 380 g/mol. The smallest absolute Gasteiger partial charge is 0.316 e. The number of thioether (sulfide) groups is 1. The predicted molar refractivity (Wildman–Crippen MR) is 109 cm³/mol. The molecule has 27 heavy (non-hydrogen) atoms. The molecule has 0 atom stereocenters. The van der Waals surface area contributed by atoms with Gasteiger partial charge in [-0.05, 0) is 29.8 Å². The maximum Gasteiger partial charge on any atom is 0.316 e. The lowest BCUT2D eigenvalue weighted by Crippen LogP contribution is -2.23. The van der Waals surface area contributed by atoms with Crippen LogP contribution in [-0.2, 0) is 12.3 Å². The number of hydrogen-bond acceptors (Lipinski definition) is 5. The molecule has 0 aliphatic rings. The van der Waals surface area contributed by atoms with E-state index in [2.05, 4.69) is 15.6 Å². The summed E-state index contributed by atoms with van der Waals surface area (Å²) < 4.78 is 0. The first kappa shape index (κ1) is 18.9. The van der Waals surface area contributed by atoms with Crippen molar-refractivity contribution >= 4 is 40.7 Å². The molecule has 0 spiro atoms. The quantitative estimate of drug-likeness (QED) is 0.527. The lowest BCUT2D eigenvalue weighted by Gasteiger charge is -2.10. The fraction of sp³-hybridized carbons (Fsp3) is 0.105. The maximum atomic E-state index is 12.6. The Labute approximate surface area is 165 Å². The maximum absolute atomic E-state index is 12.6.